The zero-order valence-electron chi connectivity index (χ0n) is 13.3. The molecule has 3 rings (SSSR count). The summed E-state index contributed by atoms with van der Waals surface area (Å²) in [4.78, 5) is 17.3. The Morgan fingerprint density at radius 3 is 2.74 bits per heavy atom. The van der Waals surface area contributed by atoms with Crippen molar-refractivity contribution in [1.29, 1.82) is 0 Å². The number of aryl methyl sites for hydroxylation is 2. The first-order valence-electron chi connectivity index (χ1n) is 7.74. The number of hydrogen-bond donors (Lipinski definition) is 0. The minimum absolute atomic E-state index is 0.124. The van der Waals surface area contributed by atoms with Crippen LogP contribution in [0.25, 0.3) is 0 Å². The van der Waals surface area contributed by atoms with Gasteiger partial charge in [-0.3, -0.25) is 10.1 Å². The molecule has 122 valence electrons. The number of rotatable bonds is 4. The third-order valence-electron chi connectivity index (χ3n) is 4.48. The summed E-state index contributed by atoms with van der Waals surface area (Å²) in [5.74, 6) is 2.01. The molecule has 2 aromatic heterocycles. The van der Waals surface area contributed by atoms with E-state index in [4.69, 9.17) is 0 Å². The highest BCUT2D eigenvalue weighted by atomic mass is 16.6. The predicted octanol–water partition coefficient (Wildman–Crippen LogP) is 1.89. The molecule has 1 aliphatic rings. The molecule has 8 heteroatoms. The molecule has 3 heterocycles. The van der Waals surface area contributed by atoms with Gasteiger partial charge in [-0.15, -0.1) is 10.2 Å². The number of nitro groups is 1. The van der Waals surface area contributed by atoms with Crippen LogP contribution in [0.2, 0.25) is 0 Å². The molecule has 0 radical (unpaired) electrons. The Hall–Kier alpha value is -2.51. The maximum Gasteiger partial charge on any atom is 0.314 e. The van der Waals surface area contributed by atoms with Crippen molar-refractivity contribution in [2.24, 2.45) is 13.0 Å². The van der Waals surface area contributed by atoms with Gasteiger partial charge in [-0.2, -0.15) is 0 Å². The predicted molar refractivity (Wildman–Crippen MR) is 85.3 cm³/mol. The van der Waals surface area contributed by atoms with E-state index in [1.807, 2.05) is 16.5 Å². The van der Waals surface area contributed by atoms with E-state index in [1.54, 1.807) is 25.5 Å². The van der Waals surface area contributed by atoms with Crippen LogP contribution in [0.3, 0.4) is 0 Å². The van der Waals surface area contributed by atoms with Gasteiger partial charge in [0.2, 0.25) is 5.82 Å². The zero-order chi connectivity index (χ0) is 16.4. The molecule has 0 spiro atoms. The van der Waals surface area contributed by atoms with Gasteiger partial charge < -0.3 is 9.47 Å². The van der Waals surface area contributed by atoms with Crippen molar-refractivity contribution in [2.45, 2.75) is 26.2 Å². The molecule has 0 aliphatic carbocycles. The summed E-state index contributed by atoms with van der Waals surface area (Å²) in [6.45, 7) is 3.31. The number of nitrogens with zero attached hydrogens (tertiary/aromatic N) is 6. The lowest BCUT2D eigenvalue weighted by Gasteiger charge is -2.32. The fourth-order valence-corrected chi connectivity index (χ4v) is 3.09. The van der Waals surface area contributed by atoms with Crippen LogP contribution in [0.1, 0.15) is 24.2 Å². The van der Waals surface area contributed by atoms with Gasteiger partial charge in [-0.05, 0) is 31.7 Å². The van der Waals surface area contributed by atoms with E-state index < -0.39 is 0 Å². The highest BCUT2D eigenvalue weighted by molar-refractivity contribution is 5.61. The zero-order valence-corrected chi connectivity index (χ0v) is 13.3. The first-order valence-corrected chi connectivity index (χ1v) is 7.74. The molecule has 1 saturated heterocycles. The monoisotopic (exact) mass is 316 g/mol. The van der Waals surface area contributed by atoms with Crippen LogP contribution >= 0.6 is 0 Å². The summed E-state index contributed by atoms with van der Waals surface area (Å²) in [7, 11) is 1.95. The van der Waals surface area contributed by atoms with E-state index in [1.165, 1.54) is 0 Å². The van der Waals surface area contributed by atoms with Gasteiger partial charge in [0.05, 0.1) is 4.92 Å². The molecule has 0 saturated carbocycles. The van der Waals surface area contributed by atoms with E-state index in [0.717, 1.165) is 38.2 Å². The molecule has 0 N–H and O–H groups in total. The van der Waals surface area contributed by atoms with Gasteiger partial charge in [-0.1, -0.05) is 0 Å². The van der Waals surface area contributed by atoms with Crippen molar-refractivity contribution in [2.75, 3.05) is 18.0 Å². The standard InChI is InChI=1S/C15H20N6O2/c1-11-3-6-16-15(14(11)21(22)23)20-7-4-12(5-8-20)9-13-18-17-10-19(13)2/h3,6,10,12H,4-5,7-9H2,1-2H3. The lowest BCUT2D eigenvalue weighted by Crippen LogP contribution is -2.35. The molecule has 23 heavy (non-hydrogen) atoms. The highest BCUT2D eigenvalue weighted by Crippen LogP contribution is 2.32. The fraction of sp³-hybridized carbons (Fsp3) is 0.533. The van der Waals surface area contributed by atoms with Gasteiger partial charge in [0, 0.05) is 38.3 Å². The van der Waals surface area contributed by atoms with Crippen LogP contribution in [0.4, 0.5) is 11.5 Å². The third kappa shape index (κ3) is 3.15. The maximum atomic E-state index is 11.3. The normalized spacial score (nSPS) is 15.8. The van der Waals surface area contributed by atoms with Crippen molar-refractivity contribution in [3.05, 3.63) is 40.1 Å². The minimum atomic E-state index is -0.330. The second-order valence-electron chi connectivity index (χ2n) is 6.05. The SMILES string of the molecule is Cc1ccnc(N2CCC(Cc3nncn3C)CC2)c1[N+](=O)[O-]. The van der Waals surface area contributed by atoms with Crippen LogP contribution in [0.5, 0.6) is 0 Å². The van der Waals surface area contributed by atoms with Crippen LogP contribution in [0.15, 0.2) is 18.6 Å². The topological polar surface area (TPSA) is 90.0 Å². The van der Waals surface area contributed by atoms with Gasteiger partial charge in [0.15, 0.2) is 0 Å². The molecule has 0 bridgehead atoms. The molecule has 8 nitrogen and oxygen atoms in total. The van der Waals surface area contributed by atoms with Gasteiger partial charge in [-0.25, -0.2) is 4.98 Å². The average molecular weight is 316 g/mol. The van der Waals surface area contributed by atoms with Crippen LogP contribution in [0, 0.1) is 23.0 Å². The van der Waals surface area contributed by atoms with E-state index in [0.29, 0.717) is 17.3 Å². The summed E-state index contributed by atoms with van der Waals surface area (Å²) < 4.78 is 1.94. The summed E-state index contributed by atoms with van der Waals surface area (Å²) in [6, 6.07) is 1.68. The Kier molecular flexibility index (Phi) is 4.22. The second kappa shape index (κ2) is 6.31. The lowest BCUT2D eigenvalue weighted by atomic mass is 9.93. The largest absolute Gasteiger partial charge is 0.351 e. The van der Waals surface area contributed by atoms with Crippen LogP contribution in [-0.2, 0) is 13.5 Å². The van der Waals surface area contributed by atoms with Gasteiger partial charge in [0.25, 0.3) is 0 Å². The first-order chi connectivity index (χ1) is 11.1. The Bertz CT molecular complexity index is 706. The lowest BCUT2D eigenvalue weighted by molar-refractivity contribution is -0.384. The summed E-state index contributed by atoms with van der Waals surface area (Å²) in [6.07, 6.45) is 6.20. The molecular weight excluding hydrogens is 296 g/mol. The number of pyridine rings is 1. The number of piperidine rings is 1. The number of hydrogen-bond acceptors (Lipinski definition) is 6. The number of aromatic nitrogens is 4. The van der Waals surface area contributed by atoms with Crippen molar-refractivity contribution >= 4 is 11.5 Å². The molecule has 1 aliphatic heterocycles. The maximum absolute atomic E-state index is 11.3. The number of anilines is 1. The second-order valence-corrected chi connectivity index (χ2v) is 6.05. The Morgan fingerprint density at radius 1 is 1.39 bits per heavy atom. The van der Waals surface area contributed by atoms with Crippen LogP contribution < -0.4 is 4.90 Å². The van der Waals surface area contributed by atoms with Gasteiger partial charge >= 0.3 is 5.69 Å². The average Bonchev–Trinajstić information content (AvgIpc) is 2.92. The minimum Gasteiger partial charge on any atom is -0.351 e. The molecule has 0 aromatic carbocycles. The first kappa shape index (κ1) is 15.4. The van der Waals surface area contributed by atoms with E-state index in [-0.39, 0.29) is 10.6 Å². The summed E-state index contributed by atoms with van der Waals surface area (Å²) in [5, 5.41) is 19.4. The Labute approximate surface area is 134 Å². The summed E-state index contributed by atoms with van der Waals surface area (Å²) in [5.41, 5.74) is 0.778. The van der Waals surface area contributed by atoms with Crippen molar-refractivity contribution in [3.63, 3.8) is 0 Å². The van der Waals surface area contributed by atoms with Crippen molar-refractivity contribution in [1.82, 2.24) is 19.7 Å². The Balaban J connectivity index is 1.69. The molecule has 0 unspecified atom stereocenters. The summed E-state index contributed by atoms with van der Waals surface area (Å²) >= 11 is 0. The Morgan fingerprint density at radius 2 is 2.13 bits per heavy atom. The molecular formula is C15H20N6O2. The molecule has 0 atom stereocenters. The van der Waals surface area contributed by atoms with Crippen molar-refractivity contribution < 1.29 is 4.92 Å². The van der Waals surface area contributed by atoms with Gasteiger partial charge in [0.1, 0.15) is 12.2 Å². The third-order valence-corrected chi connectivity index (χ3v) is 4.48. The molecule has 1 fully saturated rings. The highest BCUT2D eigenvalue weighted by Gasteiger charge is 2.28. The molecule has 2 aromatic rings. The quantitative estimate of drug-likeness (QED) is 0.632. The van der Waals surface area contributed by atoms with E-state index in [2.05, 4.69) is 15.2 Å². The van der Waals surface area contributed by atoms with E-state index in [9.17, 15) is 10.1 Å². The fourth-order valence-electron chi connectivity index (χ4n) is 3.09. The molecule has 0 amide bonds. The van der Waals surface area contributed by atoms with Crippen LogP contribution in [-0.4, -0.2) is 37.8 Å². The van der Waals surface area contributed by atoms with Crippen molar-refractivity contribution in [3.8, 4) is 0 Å². The van der Waals surface area contributed by atoms with E-state index >= 15 is 0 Å². The smallest absolute Gasteiger partial charge is 0.314 e.